The highest BCUT2D eigenvalue weighted by Gasteiger charge is 2.27. The molecule has 7 heteroatoms. The highest BCUT2D eigenvalue weighted by Crippen LogP contribution is 2.09. The van der Waals surface area contributed by atoms with Crippen LogP contribution in [0, 0.1) is 5.92 Å². The third-order valence-electron chi connectivity index (χ3n) is 4.00. The summed E-state index contributed by atoms with van der Waals surface area (Å²) in [6, 6.07) is 9.68. The van der Waals surface area contributed by atoms with Gasteiger partial charge in [0.05, 0.1) is 12.2 Å². The molecule has 7 nitrogen and oxygen atoms in total. The first-order valence-electron chi connectivity index (χ1n) is 8.63. The summed E-state index contributed by atoms with van der Waals surface area (Å²) in [5, 5.41) is 25.9. The van der Waals surface area contributed by atoms with Crippen molar-refractivity contribution in [2.24, 2.45) is 5.92 Å². The first-order valence-corrected chi connectivity index (χ1v) is 8.63. The monoisotopic (exact) mass is 359 g/mol. The van der Waals surface area contributed by atoms with Gasteiger partial charge in [-0.25, -0.2) is 0 Å². The molecule has 1 aromatic heterocycles. The molecular formula is C19H25N3O4. The van der Waals surface area contributed by atoms with Gasteiger partial charge in [-0.3, -0.25) is 19.6 Å². The number of carboxylic acid groups (broad SMARTS) is 2. The second-order valence-electron chi connectivity index (χ2n) is 6.77. The number of carbonyl (C=O) groups is 2. The summed E-state index contributed by atoms with van der Waals surface area (Å²) < 4.78 is 1.74. The van der Waals surface area contributed by atoms with Crippen molar-refractivity contribution in [3.05, 3.63) is 53.9 Å². The Morgan fingerprint density at radius 2 is 1.73 bits per heavy atom. The summed E-state index contributed by atoms with van der Waals surface area (Å²) in [5.74, 6) is -1.99. The molecule has 0 amide bonds. The van der Waals surface area contributed by atoms with Crippen LogP contribution in [0.5, 0.6) is 0 Å². The summed E-state index contributed by atoms with van der Waals surface area (Å²) in [4.78, 5) is 22.9. The van der Waals surface area contributed by atoms with Gasteiger partial charge >= 0.3 is 11.9 Å². The number of hydrogen-bond acceptors (Lipinski definition) is 4. The van der Waals surface area contributed by atoms with E-state index < -0.39 is 24.0 Å². The Kier molecular flexibility index (Phi) is 6.91. The number of aliphatic carboxylic acids is 2. The molecule has 0 aliphatic heterocycles. The normalized spacial score (nSPS) is 13.5. The number of hydrogen-bond donors (Lipinski definition) is 3. The molecule has 140 valence electrons. The van der Waals surface area contributed by atoms with Crippen molar-refractivity contribution < 1.29 is 19.8 Å². The number of benzene rings is 1. The predicted molar refractivity (Wildman–Crippen MR) is 96.9 cm³/mol. The zero-order valence-corrected chi connectivity index (χ0v) is 15.0. The van der Waals surface area contributed by atoms with E-state index in [0.29, 0.717) is 18.7 Å². The van der Waals surface area contributed by atoms with E-state index >= 15 is 0 Å². The van der Waals surface area contributed by atoms with Crippen LogP contribution in [-0.4, -0.2) is 44.0 Å². The molecule has 0 radical (unpaired) electrons. The topological polar surface area (TPSA) is 104 Å². The van der Waals surface area contributed by atoms with E-state index in [1.807, 2.05) is 44.2 Å². The number of aromatic nitrogens is 2. The number of nitrogens with one attached hydrogen (secondary N) is 1. The van der Waals surface area contributed by atoms with Gasteiger partial charge in [-0.1, -0.05) is 44.2 Å². The van der Waals surface area contributed by atoms with Crippen molar-refractivity contribution >= 4 is 11.9 Å². The van der Waals surface area contributed by atoms with Crippen molar-refractivity contribution in [2.75, 3.05) is 0 Å². The van der Waals surface area contributed by atoms with Crippen molar-refractivity contribution in [3.63, 3.8) is 0 Å². The van der Waals surface area contributed by atoms with E-state index in [2.05, 4.69) is 10.4 Å². The van der Waals surface area contributed by atoms with Crippen LogP contribution in [0.3, 0.4) is 0 Å². The van der Waals surface area contributed by atoms with Crippen LogP contribution in [-0.2, 0) is 22.6 Å². The number of rotatable bonds is 10. The fourth-order valence-electron chi connectivity index (χ4n) is 2.75. The zero-order chi connectivity index (χ0) is 19.1. The fourth-order valence-corrected chi connectivity index (χ4v) is 2.75. The Morgan fingerprint density at radius 3 is 2.31 bits per heavy atom. The Balaban J connectivity index is 2.03. The van der Waals surface area contributed by atoms with Crippen molar-refractivity contribution in [2.45, 2.75) is 45.3 Å². The van der Waals surface area contributed by atoms with Gasteiger partial charge in [-0.05, 0) is 24.0 Å². The molecule has 0 saturated heterocycles. The molecule has 1 heterocycles. The summed E-state index contributed by atoms with van der Waals surface area (Å²) in [6.07, 6.45) is 2.28. The van der Waals surface area contributed by atoms with Crippen LogP contribution in [0.1, 0.15) is 31.5 Å². The van der Waals surface area contributed by atoms with Gasteiger partial charge in [-0.15, -0.1) is 0 Å². The molecule has 2 rings (SSSR count). The maximum atomic E-state index is 11.6. The standard InChI is InChI=1S/C19H25N3O4/c1-13(2)10-16(18(23)24)20-17(19(25)26)11-15-8-9-22(21-15)12-14-6-4-3-5-7-14/h3-9,13,16-17,20H,10-12H2,1-2H3,(H,23,24)(H,25,26)/t16?,17-/m0/s1. The second-order valence-corrected chi connectivity index (χ2v) is 6.77. The van der Waals surface area contributed by atoms with Crippen LogP contribution in [0.15, 0.2) is 42.6 Å². The van der Waals surface area contributed by atoms with E-state index in [4.69, 9.17) is 0 Å². The van der Waals surface area contributed by atoms with Gasteiger partial charge in [0.2, 0.25) is 0 Å². The van der Waals surface area contributed by atoms with E-state index in [-0.39, 0.29) is 12.3 Å². The minimum atomic E-state index is -1.09. The lowest BCUT2D eigenvalue weighted by molar-refractivity contribution is -0.142. The first kappa shape index (κ1) is 19.7. The quantitative estimate of drug-likeness (QED) is 0.599. The average molecular weight is 359 g/mol. The molecule has 0 aliphatic carbocycles. The Hall–Kier alpha value is -2.67. The van der Waals surface area contributed by atoms with E-state index in [0.717, 1.165) is 5.56 Å². The summed E-state index contributed by atoms with van der Waals surface area (Å²) in [6.45, 7) is 4.40. The van der Waals surface area contributed by atoms with Crippen molar-refractivity contribution in [1.82, 2.24) is 15.1 Å². The minimum absolute atomic E-state index is 0.124. The molecule has 0 saturated carbocycles. The van der Waals surface area contributed by atoms with E-state index in [1.54, 1.807) is 16.9 Å². The number of nitrogens with zero attached hydrogens (tertiary/aromatic N) is 2. The third kappa shape index (κ3) is 6.00. The Labute approximate surface area is 152 Å². The highest BCUT2D eigenvalue weighted by molar-refractivity contribution is 5.77. The van der Waals surface area contributed by atoms with Gasteiger partial charge in [0, 0.05) is 12.6 Å². The molecule has 1 aromatic carbocycles. The maximum absolute atomic E-state index is 11.6. The summed E-state index contributed by atoms with van der Waals surface area (Å²) in [7, 11) is 0. The molecule has 3 N–H and O–H groups in total. The Bertz CT molecular complexity index is 727. The average Bonchev–Trinajstić information content (AvgIpc) is 3.00. The van der Waals surface area contributed by atoms with Crippen LogP contribution in [0.4, 0.5) is 0 Å². The van der Waals surface area contributed by atoms with Gasteiger partial charge in [-0.2, -0.15) is 5.10 Å². The van der Waals surface area contributed by atoms with Crippen LogP contribution < -0.4 is 5.32 Å². The molecule has 0 aliphatic rings. The van der Waals surface area contributed by atoms with Gasteiger partial charge < -0.3 is 10.2 Å². The lowest BCUT2D eigenvalue weighted by Crippen LogP contribution is -2.48. The molecule has 0 spiro atoms. The first-order chi connectivity index (χ1) is 12.3. The molecule has 2 atom stereocenters. The SMILES string of the molecule is CC(C)CC(N[C@@H](Cc1ccn(Cc2ccccc2)n1)C(=O)O)C(=O)O. The molecular weight excluding hydrogens is 334 g/mol. The smallest absolute Gasteiger partial charge is 0.321 e. The zero-order valence-electron chi connectivity index (χ0n) is 15.0. The molecule has 0 bridgehead atoms. The maximum Gasteiger partial charge on any atom is 0.321 e. The van der Waals surface area contributed by atoms with Crippen LogP contribution in [0.2, 0.25) is 0 Å². The largest absolute Gasteiger partial charge is 0.480 e. The van der Waals surface area contributed by atoms with Crippen LogP contribution in [0.25, 0.3) is 0 Å². The lowest BCUT2D eigenvalue weighted by atomic mass is 10.0. The predicted octanol–water partition coefficient (Wildman–Crippen LogP) is 2.02. The molecule has 26 heavy (non-hydrogen) atoms. The van der Waals surface area contributed by atoms with Gasteiger partial charge in [0.25, 0.3) is 0 Å². The van der Waals surface area contributed by atoms with Crippen LogP contribution >= 0.6 is 0 Å². The van der Waals surface area contributed by atoms with Crippen molar-refractivity contribution in [3.8, 4) is 0 Å². The number of carboxylic acids is 2. The summed E-state index contributed by atoms with van der Waals surface area (Å²) >= 11 is 0. The molecule has 1 unspecified atom stereocenters. The third-order valence-corrected chi connectivity index (χ3v) is 4.00. The minimum Gasteiger partial charge on any atom is -0.480 e. The fraction of sp³-hybridized carbons (Fsp3) is 0.421. The van der Waals surface area contributed by atoms with E-state index in [1.165, 1.54) is 0 Å². The van der Waals surface area contributed by atoms with Gasteiger partial charge in [0.15, 0.2) is 0 Å². The van der Waals surface area contributed by atoms with E-state index in [9.17, 15) is 19.8 Å². The second kappa shape index (κ2) is 9.15. The lowest BCUT2D eigenvalue weighted by Gasteiger charge is -2.21. The molecule has 0 fully saturated rings. The van der Waals surface area contributed by atoms with Gasteiger partial charge in [0.1, 0.15) is 12.1 Å². The highest BCUT2D eigenvalue weighted by atomic mass is 16.4. The van der Waals surface area contributed by atoms with Crippen molar-refractivity contribution in [1.29, 1.82) is 0 Å². The summed E-state index contributed by atoms with van der Waals surface area (Å²) in [5.41, 5.74) is 1.70. The Morgan fingerprint density at radius 1 is 1.08 bits per heavy atom. The molecule has 2 aromatic rings.